The van der Waals surface area contributed by atoms with Gasteiger partial charge >= 0.3 is 5.97 Å². The molecule has 116 valence electrons. The summed E-state index contributed by atoms with van der Waals surface area (Å²) in [6, 6.07) is 13.6. The Kier molecular flexibility index (Phi) is 4.12. The van der Waals surface area contributed by atoms with Crippen LogP contribution in [0.1, 0.15) is 11.1 Å². The highest BCUT2D eigenvalue weighted by Crippen LogP contribution is 2.27. The van der Waals surface area contributed by atoms with Crippen LogP contribution in [0, 0.1) is 0 Å². The second kappa shape index (κ2) is 6.22. The van der Waals surface area contributed by atoms with Crippen molar-refractivity contribution in [3.8, 4) is 0 Å². The Balaban J connectivity index is 2.16. The van der Waals surface area contributed by atoms with Crippen molar-refractivity contribution in [2.24, 2.45) is 4.99 Å². The maximum absolute atomic E-state index is 11.9. The second-order valence-corrected chi connectivity index (χ2v) is 5.54. The molecule has 0 saturated carbocycles. The molecule has 0 aromatic heterocycles. The number of ketones is 1. The summed E-state index contributed by atoms with van der Waals surface area (Å²) in [5.74, 6) is -2.43. The molecule has 6 heteroatoms. The van der Waals surface area contributed by atoms with E-state index in [2.05, 4.69) is 10.3 Å². The third kappa shape index (κ3) is 3.10. The largest absolute Gasteiger partial charge is 0.475 e. The molecule has 1 heterocycles. The zero-order chi connectivity index (χ0) is 16.4. The van der Waals surface area contributed by atoms with Gasteiger partial charge in [-0.05, 0) is 18.2 Å². The van der Waals surface area contributed by atoms with E-state index in [9.17, 15) is 9.59 Å². The number of Topliss-reactive ketones (excluding diaryl/α,β-unsaturated/α-hetero) is 1. The normalized spacial score (nSPS) is 16.6. The minimum absolute atomic E-state index is 0.121. The fourth-order valence-corrected chi connectivity index (χ4v) is 2.64. The van der Waals surface area contributed by atoms with Gasteiger partial charge < -0.3 is 10.4 Å². The van der Waals surface area contributed by atoms with E-state index in [1.807, 2.05) is 30.3 Å². The Hall–Kier alpha value is -2.66. The van der Waals surface area contributed by atoms with Crippen LogP contribution in [0.3, 0.4) is 0 Å². The molecular formula is C17H13ClN2O3. The summed E-state index contributed by atoms with van der Waals surface area (Å²) < 4.78 is 0. The summed E-state index contributed by atoms with van der Waals surface area (Å²) in [6.07, 6.45) is 0. The van der Waals surface area contributed by atoms with Crippen molar-refractivity contribution in [1.82, 2.24) is 0 Å². The highest BCUT2D eigenvalue weighted by Gasteiger charge is 2.28. The van der Waals surface area contributed by atoms with Crippen LogP contribution in [0.2, 0.25) is 5.02 Å². The number of hydrogen-bond donors (Lipinski definition) is 2. The average Bonchev–Trinajstić information content (AvgIpc) is 2.74. The lowest BCUT2D eigenvalue weighted by atomic mass is 10.0. The van der Waals surface area contributed by atoms with Crippen LogP contribution in [0.4, 0.5) is 5.69 Å². The molecule has 2 aromatic rings. The highest BCUT2D eigenvalue weighted by molar-refractivity contribution is 6.36. The number of carboxylic acids is 1. The molecule has 5 nitrogen and oxygen atoms in total. The van der Waals surface area contributed by atoms with E-state index >= 15 is 0 Å². The molecule has 0 bridgehead atoms. The van der Waals surface area contributed by atoms with Crippen molar-refractivity contribution in [1.29, 1.82) is 0 Å². The van der Waals surface area contributed by atoms with Crippen molar-refractivity contribution in [2.45, 2.75) is 6.04 Å². The third-order valence-electron chi connectivity index (χ3n) is 3.57. The van der Waals surface area contributed by atoms with Gasteiger partial charge in [0.15, 0.2) is 0 Å². The van der Waals surface area contributed by atoms with E-state index in [1.165, 1.54) is 0 Å². The Labute approximate surface area is 137 Å². The van der Waals surface area contributed by atoms with E-state index in [1.54, 1.807) is 18.2 Å². The molecule has 0 radical (unpaired) electrons. The molecule has 3 rings (SSSR count). The SMILES string of the molecule is O=C(O)C(=O)C1CNc2ccc(Cl)cc2C(c2ccccc2)=N1. The number of carbonyl (C=O) groups excluding carboxylic acids is 1. The van der Waals surface area contributed by atoms with Crippen LogP contribution in [-0.2, 0) is 9.59 Å². The average molecular weight is 329 g/mol. The summed E-state index contributed by atoms with van der Waals surface area (Å²) in [5, 5.41) is 12.6. The van der Waals surface area contributed by atoms with Gasteiger partial charge in [-0.3, -0.25) is 9.79 Å². The summed E-state index contributed by atoms with van der Waals surface area (Å²) in [7, 11) is 0. The lowest BCUT2D eigenvalue weighted by Crippen LogP contribution is -2.32. The first-order valence-corrected chi connectivity index (χ1v) is 7.38. The molecular weight excluding hydrogens is 316 g/mol. The quantitative estimate of drug-likeness (QED) is 0.849. The number of halogens is 1. The summed E-state index contributed by atoms with van der Waals surface area (Å²) in [6.45, 7) is 0.121. The van der Waals surface area contributed by atoms with Crippen molar-refractivity contribution >= 4 is 34.8 Å². The lowest BCUT2D eigenvalue weighted by Gasteiger charge is -2.10. The van der Waals surface area contributed by atoms with Crippen LogP contribution in [0.5, 0.6) is 0 Å². The van der Waals surface area contributed by atoms with Gasteiger partial charge in [-0.25, -0.2) is 4.79 Å². The summed E-state index contributed by atoms with van der Waals surface area (Å²) >= 11 is 6.09. The molecule has 2 aromatic carbocycles. The van der Waals surface area contributed by atoms with Gasteiger partial charge in [0, 0.05) is 28.4 Å². The van der Waals surface area contributed by atoms with Gasteiger partial charge in [0.05, 0.1) is 5.71 Å². The lowest BCUT2D eigenvalue weighted by molar-refractivity contribution is -0.149. The number of anilines is 1. The van der Waals surface area contributed by atoms with Crippen LogP contribution in [0.15, 0.2) is 53.5 Å². The Morgan fingerprint density at radius 1 is 1.17 bits per heavy atom. The van der Waals surface area contributed by atoms with E-state index in [4.69, 9.17) is 16.7 Å². The highest BCUT2D eigenvalue weighted by atomic mass is 35.5. The number of nitrogens with one attached hydrogen (secondary N) is 1. The molecule has 0 spiro atoms. The molecule has 1 unspecified atom stereocenters. The van der Waals surface area contributed by atoms with Gasteiger partial charge in [-0.2, -0.15) is 0 Å². The smallest absolute Gasteiger partial charge is 0.374 e. The zero-order valence-corrected chi connectivity index (χ0v) is 12.7. The fraction of sp³-hybridized carbons (Fsp3) is 0.118. The summed E-state index contributed by atoms with van der Waals surface area (Å²) in [5.41, 5.74) is 2.85. The second-order valence-electron chi connectivity index (χ2n) is 5.10. The Morgan fingerprint density at radius 3 is 2.61 bits per heavy atom. The predicted molar refractivity (Wildman–Crippen MR) is 88.5 cm³/mol. The van der Waals surface area contributed by atoms with Crippen molar-refractivity contribution < 1.29 is 14.7 Å². The number of nitrogens with zero attached hydrogens (tertiary/aromatic N) is 1. The fourth-order valence-electron chi connectivity index (χ4n) is 2.46. The molecule has 0 aliphatic carbocycles. The van der Waals surface area contributed by atoms with E-state index in [0.29, 0.717) is 10.7 Å². The van der Waals surface area contributed by atoms with Gasteiger partial charge in [-0.15, -0.1) is 0 Å². The van der Waals surface area contributed by atoms with Crippen LogP contribution >= 0.6 is 11.6 Å². The Bertz CT molecular complexity index is 803. The number of benzene rings is 2. The van der Waals surface area contributed by atoms with Crippen molar-refractivity contribution in [2.75, 3.05) is 11.9 Å². The van der Waals surface area contributed by atoms with Gasteiger partial charge in [0.2, 0.25) is 0 Å². The Morgan fingerprint density at radius 2 is 1.91 bits per heavy atom. The number of aliphatic carboxylic acids is 1. The van der Waals surface area contributed by atoms with Crippen LogP contribution in [-0.4, -0.2) is 35.2 Å². The molecule has 23 heavy (non-hydrogen) atoms. The third-order valence-corrected chi connectivity index (χ3v) is 3.80. The zero-order valence-electron chi connectivity index (χ0n) is 12.0. The maximum Gasteiger partial charge on any atom is 0.374 e. The van der Waals surface area contributed by atoms with Gasteiger partial charge in [0.1, 0.15) is 6.04 Å². The number of hydrogen-bond acceptors (Lipinski definition) is 4. The topological polar surface area (TPSA) is 78.8 Å². The maximum atomic E-state index is 11.9. The number of carbonyl (C=O) groups is 2. The molecule has 0 saturated heterocycles. The number of rotatable bonds is 3. The van der Waals surface area contributed by atoms with E-state index in [0.717, 1.165) is 16.8 Å². The first-order chi connectivity index (χ1) is 11.1. The molecule has 1 atom stereocenters. The molecule has 2 N–H and O–H groups in total. The van der Waals surface area contributed by atoms with Crippen molar-refractivity contribution in [3.05, 3.63) is 64.7 Å². The van der Waals surface area contributed by atoms with Gasteiger partial charge in [0.25, 0.3) is 5.78 Å². The first-order valence-electron chi connectivity index (χ1n) is 7.00. The first kappa shape index (κ1) is 15.2. The number of fused-ring (bicyclic) bond motifs is 1. The number of carboxylic acid groups (broad SMARTS) is 1. The molecule has 0 amide bonds. The van der Waals surface area contributed by atoms with Gasteiger partial charge in [-0.1, -0.05) is 41.9 Å². The molecule has 1 aliphatic heterocycles. The monoisotopic (exact) mass is 328 g/mol. The van der Waals surface area contributed by atoms with Crippen LogP contribution < -0.4 is 5.32 Å². The number of benzodiazepines with no additional fused rings is 1. The summed E-state index contributed by atoms with van der Waals surface area (Å²) in [4.78, 5) is 27.3. The standard InChI is InChI=1S/C17H13ClN2O3/c18-11-6-7-13-12(8-11)15(10-4-2-1-3-5-10)20-14(9-19-13)16(21)17(22)23/h1-8,14,19H,9H2,(H,22,23). The van der Waals surface area contributed by atoms with E-state index < -0.39 is 17.8 Å². The van der Waals surface area contributed by atoms with Crippen LogP contribution in [0.25, 0.3) is 0 Å². The molecule has 0 fully saturated rings. The molecule has 1 aliphatic rings. The van der Waals surface area contributed by atoms with E-state index in [-0.39, 0.29) is 6.54 Å². The van der Waals surface area contributed by atoms with Crippen molar-refractivity contribution in [3.63, 3.8) is 0 Å². The predicted octanol–water partition coefficient (Wildman–Crippen LogP) is 2.63. The number of aliphatic imine (C=N–C) groups is 1. The minimum Gasteiger partial charge on any atom is -0.475 e. The minimum atomic E-state index is -1.49.